The largest absolute Gasteiger partial charge is 0.497 e. The maximum absolute atomic E-state index is 11.1. The molecule has 16 heavy (non-hydrogen) atoms. The Morgan fingerprint density at radius 1 is 1.19 bits per heavy atom. The maximum atomic E-state index is 11.1. The van der Waals surface area contributed by atoms with Crippen LogP contribution in [0.15, 0.2) is 18.2 Å². The number of esters is 1. The van der Waals surface area contributed by atoms with Crippen LogP contribution in [0.3, 0.4) is 0 Å². The van der Waals surface area contributed by atoms with Crippen molar-refractivity contribution in [2.24, 2.45) is 0 Å². The van der Waals surface area contributed by atoms with Gasteiger partial charge in [-0.1, -0.05) is 6.92 Å². The maximum Gasteiger partial charge on any atom is 0.311 e. The Balaban J connectivity index is 0.00000225. The molecule has 1 aromatic carbocycles. The number of carbonyl (C=O) groups excluding carboxylic acids is 1. The minimum atomic E-state index is -0.293. The van der Waals surface area contributed by atoms with Gasteiger partial charge in [0, 0.05) is 40.2 Å². The Kier molecular flexibility index (Phi) is 7.13. The summed E-state index contributed by atoms with van der Waals surface area (Å²) in [6, 6.07) is 5.02. The van der Waals surface area contributed by atoms with Crippen LogP contribution in [0.4, 0.5) is 0 Å². The molecule has 0 atom stereocenters. The number of benzene rings is 1. The van der Waals surface area contributed by atoms with Gasteiger partial charge in [0.25, 0.3) is 0 Å². The SMILES string of the molecule is CCC(=O)Oc1ccc(OC)cc1OC.[Hg]. The summed E-state index contributed by atoms with van der Waals surface area (Å²) in [5.41, 5.74) is 0. The Morgan fingerprint density at radius 2 is 1.88 bits per heavy atom. The second-order valence-electron chi connectivity index (χ2n) is 2.84. The number of hydrogen-bond acceptors (Lipinski definition) is 4. The summed E-state index contributed by atoms with van der Waals surface area (Å²) in [4.78, 5) is 11.1. The molecule has 0 saturated carbocycles. The molecule has 0 aliphatic carbocycles. The van der Waals surface area contributed by atoms with Crippen molar-refractivity contribution in [1.29, 1.82) is 0 Å². The standard InChI is InChI=1S/C11H14O4.Hg/c1-4-11(12)15-9-6-5-8(13-2)7-10(9)14-3;/h5-7H,4H2,1-3H3;. The molecule has 84 valence electrons. The summed E-state index contributed by atoms with van der Waals surface area (Å²) in [5.74, 6) is 1.25. The molecule has 0 saturated heterocycles. The van der Waals surface area contributed by atoms with Crippen LogP contribution in [0, 0.1) is 0 Å². The molecule has 0 fully saturated rings. The van der Waals surface area contributed by atoms with Gasteiger partial charge in [0.1, 0.15) is 5.75 Å². The molecule has 0 aliphatic rings. The quantitative estimate of drug-likeness (QED) is 0.433. The Hall–Kier alpha value is -0.775. The number of ether oxygens (including phenoxy) is 3. The van der Waals surface area contributed by atoms with E-state index in [-0.39, 0.29) is 33.6 Å². The third kappa shape index (κ3) is 4.00. The molecule has 0 bridgehead atoms. The van der Waals surface area contributed by atoms with Gasteiger partial charge in [-0.2, -0.15) is 0 Å². The molecule has 0 amide bonds. The number of methoxy groups -OCH3 is 2. The molecular formula is C11H14HgO4. The van der Waals surface area contributed by atoms with E-state index in [1.54, 1.807) is 32.2 Å². The van der Waals surface area contributed by atoms with Crippen LogP contribution < -0.4 is 14.2 Å². The topological polar surface area (TPSA) is 44.8 Å². The average Bonchev–Trinajstić information content (AvgIpc) is 2.29. The van der Waals surface area contributed by atoms with Crippen molar-refractivity contribution in [3.05, 3.63) is 18.2 Å². The first kappa shape index (κ1) is 15.2. The molecular weight excluding hydrogens is 397 g/mol. The Labute approximate surface area is 115 Å². The summed E-state index contributed by atoms with van der Waals surface area (Å²) >= 11 is 0. The van der Waals surface area contributed by atoms with Crippen molar-refractivity contribution >= 4 is 5.97 Å². The predicted octanol–water partition coefficient (Wildman–Crippen LogP) is 2.02. The first-order chi connectivity index (χ1) is 7.21. The van der Waals surface area contributed by atoms with E-state index in [2.05, 4.69) is 0 Å². The molecule has 0 aliphatic heterocycles. The van der Waals surface area contributed by atoms with Crippen molar-refractivity contribution in [3.8, 4) is 17.2 Å². The zero-order valence-electron chi connectivity index (χ0n) is 9.78. The molecule has 4 nitrogen and oxygen atoms in total. The third-order valence-electron chi connectivity index (χ3n) is 1.88. The molecule has 0 spiro atoms. The van der Waals surface area contributed by atoms with E-state index in [1.807, 2.05) is 0 Å². The predicted molar refractivity (Wildman–Crippen MR) is 55.5 cm³/mol. The summed E-state index contributed by atoms with van der Waals surface area (Å²) in [7, 11) is 3.07. The molecule has 5 heteroatoms. The first-order valence-electron chi connectivity index (χ1n) is 4.64. The molecule has 1 rings (SSSR count). The van der Waals surface area contributed by atoms with E-state index in [4.69, 9.17) is 14.2 Å². The fourth-order valence-electron chi connectivity index (χ4n) is 1.05. The fourth-order valence-corrected chi connectivity index (χ4v) is 1.05. The van der Waals surface area contributed by atoms with E-state index in [0.717, 1.165) is 0 Å². The zero-order valence-corrected chi connectivity index (χ0v) is 15.3. The van der Waals surface area contributed by atoms with Gasteiger partial charge < -0.3 is 14.2 Å². The average molecular weight is 411 g/mol. The van der Waals surface area contributed by atoms with Crippen molar-refractivity contribution in [2.45, 2.75) is 13.3 Å². The van der Waals surface area contributed by atoms with E-state index < -0.39 is 0 Å². The van der Waals surface area contributed by atoms with E-state index in [1.165, 1.54) is 7.11 Å². The van der Waals surface area contributed by atoms with Crippen LogP contribution in [-0.2, 0) is 32.5 Å². The van der Waals surface area contributed by atoms with Crippen molar-refractivity contribution in [2.75, 3.05) is 14.2 Å². The van der Waals surface area contributed by atoms with Crippen molar-refractivity contribution < 1.29 is 46.7 Å². The van der Waals surface area contributed by atoms with Gasteiger partial charge in [0.2, 0.25) is 0 Å². The minimum Gasteiger partial charge on any atom is -0.497 e. The van der Waals surface area contributed by atoms with Gasteiger partial charge in [-0.05, 0) is 12.1 Å². The van der Waals surface area contributed by atoms with Crippen LogP contribution in [0.5, 0.6) is 17.2 Å². The second kappa shape index (κ2) is 7.49. The Bertz CT molecular complexity index is 352. The summed E-state index contributed by atoms with van der Waals surface area (Å²) in [6.07, 6.45) is 0.329. The number of hydrogen-bond donors (Lipinski definition) is 0. The number of rotatable bonds is 4. The van der Waals surface area contributed by atoms with Gasteiger partial charge >= 0.3 is 5.97 Å². The second-order valence-corrected chi connectivity index (χ2v) is 2.84. The molecule has 0 N–H and O–H groups in total. The number of carbonyl (C=O) groups is 1. The van der Waals surface area contributed by atoms with Gasteiger partial charge in [-0.3, -0.25) is 4.79 Å². The van der Waals surface area contributed by atoms with E-state index in [9.17, 15) is 4.79 Å². The normalized spacial score (nSPS) is 8.94. The van der Waals surface area contributed by atoms with Gasteiger partial charge in [-0.15, -0.1) is 0 Å². The zero-order chi connectivity index (χ0) is 11.3. The monoisotopic (exact) mass is 412 g/mol. The van der Waals surface area contributed by atoms with Crippen LogP contribution in [0.25, 0.3) is 0 Å². The summed E-state index contributed by atoms with van der Waals surface area (Å²) in [6.45, 7) is 1.73. The molecule has 0 unspecified atom stereocenters. The smallest absolute Gasteiger partial charge is 0.311 e. The van der Waals surface area contributed by atoms with Crippen molar-refractivity contribution in [3.63, 3.8) is 0 Å². The fraction of sp³-hybridized carbons (Fsp3) is 0.364. The molecule has 1 aromatic rings. The minimum absolute atomic E-state index is 0. The van der Waals surface area contributed by atoms with Gasteiger partial charge in [0.15, 0.2) is 11.5 Å². The summed E-state index contributed by atoms with van der Waals surface area (Å²) < 4.78 is 15.2. The van der Waals surface area contributed by atoms with E-state index in [0.29, 0.717) is 23.7 Å². The van der Waals surface area contributed by atoms with E-state index >= 15 is 0 Å². The van der Waals surface area contributed by atoms with Crippen LogP contribution >= 0.6 is 0 Å². The molecule has 0 heterocycles. The van der Waals surface area contributed by atoms with Crippen LogP contribution in [0.1, 0.15) is 13.3 Å². The van der Waals surface area contributed by atoms with Gasteiger partial charge in [-0.25, -0.2) is 0 Å². The van der Waals surface area contributed by atoms with Gasteiger partial charge in [0.05, 0.1) is 14.2 Å². The first-order valence-corrected chi connectivity index (χ1v) is 4.64. The Morgan fingerprint density at radius 3 is 2.38 bits per heavy atom. The van der Waals surface area contributed by atoms with Crippen LogP contribution in [0.2, 0.25) is 0 Å². The summed E-state index contributed by atoms with van der Waals surface area (Å²) in [5, 5.41) is 0. The van der Waals surface area contributed by atoms with Crippen LogP contribution in [-0.4, -0.2) is 20.2 Å². The molecule has 0 radical (unpaired) electrons. The van der Waals surface area contributed by atoms with Crippen molar-refractivity contribution in [1.82, 2.24) is 0 Å². The third-order valence-corrected chi connectivity index (χ3v) is 1.88. The molecule has 0 aromatic heterocycles.